The first kappa shape index (κ1) is 10.3. The zero-order chi connectivity index (χ0) is 10.6. The highest BCUT2D eigenvalue weighted by Gasteiger charge is 2.15. The van der Waals surface area contributed by atoms with E-state index in [4.69, 9.17) is 9.78 Å². The molecule has 0 aromatic carbocycles. The third-order valence-electron chi connectivity index (χ3n) is 1.86. The molecule has 1 rings (SSSR count). The van der Waals surface area contributed by atoms with Gasteiger partial charge < -0.3 is 9.84 Å². The Bertz CT molecular complexity index is 364. The van der Waals surface area contributed by atoms with Crippen molar-refractivity contribution in [1.82, 2.24) is 10.5 Å². The van der Waals surface area contributed by atoms with Gasteiger partial charge in [-0.1, -0.05) is 12.1 Å². The average Bonchev–Trinajstić information content (AvgIpc) is 2.60. The number of carbonyl (C=O) groups is 1. The zero-order valence-corrected chi connectivity index (χ0v) is 8.07. The van der Waals surface area contributed by atoms with Gasteiger partial charge in [0.25, 0.3) is 5.91 Å². The van der Waals surface area contributed by atoms with Crippen molar-refractivity contribution in [2.75, 3.05) is 0 Å². The molecule has 1 aromatic rings. The van der Waals surface area contributed by atoms with Crippen LogP contribution in [0.15, 0.2) is 10.7 Å². The first-order chi connectivity index (χ1) is 6.69. The Morgan fingerprint density at radius 2 is 2.57 bits per heavy atom. The van der Waals surface area contributed by atoms with E-state index in [1.165, 1.54) is 6.20 Å². The highest BCUT2D eigenvalue weighted by molar-refractivity contribution is 5.95. The maximum absolute atomic E-state index is 11.5. The summed E-state index contributed by atoms with van der Waals surface area (Å²) < 4.78 is 4.74. The Balaban J connectivity index is 2.69. The fraction of sp³-hybridized carbons (Fsp3) is 0.444. The fourth-order valence-electron chi connectivity index (χ4n) is 0.978. The molecule has 0 saturated heterocycles. The molecule has 14 heavy (non-hydrogen) atoms. The van der Waals surface area contributed by atoms with Gasteiger partial charge in [-0.25, -0.2) is 0 Å². The molecule has 0 spiro atoms. The normalized spacial score (nSPS) is 11.8. The molecule has 1 heterocycles. The third-order valence-corrected chi connectivity index (χ3v) is 1.86. The fourth-order valence-corrected chi connectivity index (χ4v) is 0.978. The van der Waals surface area contributed by atoms with E-state index in [2.05, 4.69) is 10.5 Å². The van der Waals surface area contributed by atoms with Crippen molar-refractivity contribution in [2.24, 2.45) is 0 Å². The minimum Gasteiger partial charge on any atom is -0.361 e. The molecular formula is C9H11N3O2. The molecule has 0 aliphatic heterocycles. The summed E-state index contributed by atoms with van der Waals surface area (Å²) in [6, 6.07) is 1.52. The van der Waals surface area contributed by atoms with E-state index in [-0.39, 0.29) is 5.91 Å². The number of amides is 1. The topological polar surface area (TPSA) is 78.9 Å². The maximum atomic E-state index is 11.5. The average molecular weight is 193 g/mol. The van der Waals surface area contributed by atoms with Crippen LogP contribution in [-0.4, -0.2) is 17.1 Å². The number of carbonyl (C=O) groups excluding carboxylic acids is 1. The van der Waals surface area contributed by atoms with Crippen molar-refractivity contribution in [3.63, 3.8) is 0 Å². The van der Waals surface area contributed by atoms with Gasteiger partial charge in [0.05, 0.1) is 12.3 Å². The summed E-state index contributed by atoms with van der Waals surface area (Å²) in [6.07, 6.45) is 1.92. The standard InChI is InChI=1S/C9H11N3O2/c1-3-7(4-10)12-9(13)8-5-11-14-6(8)2/h5,7H,3H2,1-2H3,(H,12,13). The van der Waals surface area contributed by atoms with Gasteiger partial charge in [-0.3, -0.25) is 4.79 Å². The molecule has 74 valence electrons. The smallest absolute Gasteiger partial charge is 0.257 e. The van der Waals surface area contributed by atoms with Gasteiger partial charge >= 0.3 is 0 Å². The summed E-state index contributed by atoms with van der Waals surface area (Å²) in [6.45, 7) is 3.48. The summed E-state index contributed by atoms with van der Waals surface area (Å²) in [5.74, 6) is 0.132. The lowest BCUT2D eigenvalue weighted by molar-refractivity contribution is 0.0943. The van der Waals surface area contributed by atoms with Crippen LogP contribution >= 0.6 is 0 Å². The second-order valence-electron chi connectivity index (χ2n) is 2.86. The molecule has 0 bridgehead atoms. The highest BCUT2D eigenvalue weighted by Crippen LogP contribution is 2.05. The summed E-state index contributed by atoms with van der Waals surface area (Å²) in [5, 5.41) is 14.7. The minimum atomic E-state index is -0.461. The number of aryl methyl sites for hydroxylation is 1. The monoisotopic (exact) mass is 193 g/mol. The molecule has 0 aliphatic rings. The first-order valence-corrected chi connectivity index (χ1v) is 4.30. The Hall–Kier alpha value is -1.83. The van der Waals surface area contributed by atoms with Crippen LogP contribution in [0.1, 0.15) is 29.5 Å². The van der Waals surface area contributed by atoms with E-state index in [9.17, 15) is 4.79 Å². The molecule has 1 amide bonds. The van der Waals surface area contributed by atoms with Crippen molar-refractivity contribution in [3.8, 4) is 6.07 Å². The van der Waals surface area contributed by atoms with E-state index in [1.807, 2.05) is 13.0 Å². The predicted molar refractivity (Wildman–Crippen MR) is 48.4 cm³/mol. The van der Waals surface area contributed by atoms with Crippen molar-refractivity contribution < 1.29 is 9.32 Å². The molecule has 0 aliphatic carbocycles. The quantitative estimate of drug-likeness (QED) is 0.777. The number of nitrogens with one attached hydrogen (secondary N) is 1. The van der Waals surface area contributed by atoms with Crippen LogP contribution in [0.4, 0.5) is 0 Å². The van der Waals surface area contributed by atoms with Gasteiger partial charge in [0, 0.05) is 0 Å². The number of nitrogens with zero attached hydrogens (tertiary/aromatic N) is 2. The molecule has 5 nitrogen and oxygen atoms in total. The predicted octanol–water partition coefficient (Wildman–Crippen LogP) is 1.01. The number of aromatic nitrogens is 1. The second kappa shape index (κ2) is 4.42. The summed E-state index contributed by atoms with van der Waals surface area (Å²) in [4.78, 5) is 11.5. The third kappa shape index (κ3) is 2.10. The van der Waals surface area contributed by atoms with Gasteiger partial charge in [0.1, 0.15) is 17.4 Å². The Morgan fingerprint density at radius 1 is 1.86 bits per heavy atom. The second-order valence-corrected chi connectivity index (χ2v) is 2.86. The van der Waals surface area contributed by atoms with Gasteiger partial charge in [-0.05, 0) is 13.3 Å². The minimum absolute atomic E-state index is 0.322. The molecule has 1 N–H and O–H groups in total. The molecule has 5 heteroatoms. The number of nitriles is 1. The van der Waals surface area contributed by atoms with Gasteiger partial charge in [0.15, 0.2) is 0 Å². The molecule has 0 saturated carbocycles. The summed E-state index contributed by atoms with van der Waals surface area (Å²) in [7, 11) is 0. The van der Waals surface area contributed by atoms with Crippen molar-refractivity contribution in [1.29, 1.82) is 5.26 Å². The molecule has 1 aromatic heterocycles. The summed E-state index contributed by atoms with van der Waals surface area (Å²) >= 11 is 0. The molecular weight excluding hydrogens is 182 g/mol. The van der Waals surface area contributed by atoms with Crippen LogP contribution in [0.2, 0.25) is 0 Å². The largest absolute Gasteiger partial charge is 0.361 e. The number of rotatable bonds is 3. The number of hydrogen-bond donors (Lipinski definition) is 1. The number of hydrogen-bond acceptors (Lipinski definition) is 4. The Morgan fingerprint density at radius 3 is 3.00 bits per heavy atom. The molecule has 0 fully saturated rings. The zero-order valence-electron chi connectivity index (χ0n) is 8.07. The molecule has 1 unspecified atom stereocenters. The van der Waals surface area contributed by atoms with Crippen molar-refractivity contribution in [3.05, 3.63) is 17.5 Å². The van der Waals surface area contributed by atoms with Gasteiger partial charge in [0.2, 0.25) is 0 Å². The lowest BCUT2D eigenvalue weighted by Gasteiger charge is -2.07. The molecule has 1 atom stereocenters. The van der Waals surface area contributed by atoms with E-state index < -0.39 is 6.04 Å². The van der Waals surface area contributed by atoms with Crippen molar-refractivity contribution in [2.45, 2.75) is 26.3 Å². The van der Waals surface area contributed by atoms with Gasteiger partial charge in [-0.15, -0.1) is 0 Å². The van der Waals surface area contributed by atoms with Crippen LogP contribution in [-0.2, 0) is 0 Å². The van der Waals surface area contributed by atoms with Crippen LogP contribution in [0.3, 0.4) is 0 Å². The summed E-state index contributed by atoms with van der Waals surface area (Å²) in [5.41, 5.74) is 0.374. The Kier molecular flexibility index (Phi) is 3.24. The van der Waals surface area contributed by atoms with E-state index in [1.54, 1.807) is 6.92 Å². The van der Waals surface area contributed by atoms with Crippen LogP contribution in [0.25, 0.3) is 0 Å². The van der Waals surface area contributed by atoms with E-state index in [0.29, 0.717) is 17.7 Å². The first-order valence-electron chi connectivity index (χ1n) is 4.30. The molecule has 0 radical (unpaired) electrons. The lowest BCUT2D eigenvalue weighted by atomic mass is 10.2. The Labute approximate surface area is 81.7 Å². The van der Waals surface area contributed by atoms with Crippen LogP contribution in [0.5, 0.6) is 0 Å². The lowest BCUT2D eigenvalue weighted by Crippen LogP contribution is -2.33. The van der Waals surface area contributed by atoms with Crippen LogP contribution < -0.4 is 5.32 Å². The van der Waals surface area contributed by atoms with Crippen molar-refractivity contribution >= 4 is 5.91 Å². The van der Waals surface area contributed by atoms with Gasteiger partial charge in [-0.2, -0.15) is 5.26 Å². The van der Waals surface area contributed by atoms with E-state index >= 15 is 0 Å². The van der Waals surface area contributed by atoms with Crippen LogP contribution in [0, 0.1) is 18.3 Å². The SMILES string of the molecule is CCC(C#N)NC(=O)c1cnoc1C. The highest BCUT2D eigenvalue weighted by atomic mass is 16.5. The maximum Gasteiger partial charge on any atom is 0.257 e. The van der Waals surface area contributed by atoms with E-state index in [0.717, 1.165) is 0 Å².